The molecule has 0 amide bonds. The van der Waals surface area contributed by atoms with Gasteiger partial charge in [0.2, 0.25) is 5.43 Å². The van der Waals surface area contributed by atoms with Crippen molar-refractivity contribution in [3.05, 3.63) is 27.7 Å². The molecule has 0 fully saturated rings. The van der Waals surface area contributed by atoms with Crippen molar-refractivity contribution in [3.63, 3.8) is 0 Å². The van der Waals surface area contributed by atoms with Crippen molar-refractivity contribution in [1.82, 2.24) is 4.98 Å². The van der Waals surface area contributed by atoms with Crippen LogP contribution in [0.3, 0.4) is 0 Å². The third-order valence-corrected chi connectivity index (χ3v) is 2.25. The molecule has 0 aliphatic carbocycles. The Morgan fingerprint density at radius 3 is 2.12 bits per heavy atom. The SMILES string of the molecule is COc1c(C(C)(C)C)[nH]c(C(F)(F)F)cc1=O. The molecule has 0 saturated heterocycles. The van der Waals surface area contributed by atoms with Gasteiger partial charge >= 0.3 is 6.18 Å². The van der Waals surface area contributed by atoms with Crippen LogP contribution in [0, 0.1) is 0 Å². The van der Waals surface area contributed by atoms with E-state index in [0.717, 1.165) is 0 Å². The molecule has 0 radical (unpaired) electrons. The van der Waals surface area contributed by atoms with Crippen LogP contribution in [-0.2, 0) is 11.6 Å². The molecule has 17 heavy (non-hydrogen) atoms. The summed E-state index contributed by atoms with van der Waals surface area (Å²) < 4.78 is 42.5. The maximum Gasteiger partial charge on any atom is 0.431 e. The number of aromatic amines is 1. The molecule has 6 heteroatoms. The highest BCUT2D eigenvalue weighted by Gasteiger charge is 2.34. The van der Waals surface area contributed by atoms with Crippen LogP contribution in [0.5, 0.6) is 5.75 Å². The van der Waals surface area contributed by atoms with Gasteiger partial charge < -0.3 is 9.72 Å². The fourth-order valence-corrected chi connectivity index (χ4v) is 1.43. The molecule has 0 bridgehead atoms. The van der Waals surface area contributed by atoms with Crippen LogP contribution in [0.25, 0.3) is 0 Å². The Labute approximate surface area is 96.6 Å². The fourth-order valence-electron chi connectivity index (χ4n) is 1.43. The summed E-state index contributed by atoms with van der Waals surface area (Å²) in [6, 6.07) is 0.508. The first-order chi connectivity index (χ1) is 7.57. The van der Waals surface area contributed by atoms with Gasteiger partial charge in [0, 0.05) is 11.5 Å². The lowest BCUT2D eigenvalue weighted by molar-refractivity contribution is -0.141. The van der Waals surface area contributed by atoms with Crippen molar-refractivity contribution < 1.29 is 17.9 Å². The summed E-state index contributed by atoms with van der Waals surface area (Å²) in [4.78, 5) is 13.8. The fraction of sp³-hybridized carbons (Fsp3) is 0.545. The molecule has 0 aliphatic rings. The molecule has 96 valence electrons. The van der Waals surface area contributed by atoms with Gasteiger partial charge in [-0.05, 0) is 0 Å². The normalized spacial score (nSPS) is 12.6. The van der Waals surface area contributed by atoms with Crippen LogP contribution in [0.2, 0.25) is 0 Å². The van der Waals surface area contributed by atoms with Crippen LogP contribution < -0.4 is 10.2 Å². The predicted molar refractivity (Wildman–Crippen MR) is 57.3 cm³/mol. The zero-order valence-electron chi connectivity index (χ0n) is 10.0. The number of pyridine rings is 1. The lowest BCUT2D eigenvalue weighted by Gasteiger charge is -2.22. The van der Waals surface area contributed by atoms with Crippen molar-refractivity contribution in [3.8, 4) is 5.75 Å². The number of H-pyrrole nitrogens is 1. The Bertz CT molecular complexity index is 469. The minimum Gasteiger partial charge on any atom is -0.491 e. The Morgan fingerprint density at radius 2 is 1.76 bits per heavy atom. The molecule has 0 atom stereocenters. The Morgan fingerprint density at radius 1 is 1.24 bits per heavy atom. The van der Waals surface area contributed by atoms with E-state index in [1.54, 1.807) is 20.8 Å². The first-order valence-electron chi connectivity index (χ1n) is 4.96. The molecular weight excluding hydrogens is 235 g/mol. The molecule has 1 aromatic rings. The van der Waals surface area contributed by atoms with Gasteiger partial charge in [-0.3, -0.25) is 4.79 Å². The lowest BCUT2D eigenvalue weighted by atomic mass is 9.90. The van der Waals surface area contributed by atoms with Crippen LogP contribution in [0.1, 0.15) is 32.2 Å². The van der Waals surface area contributed by atoms with Crippen LogP contribution >= 0.6 is 0 Å². The molecule has 1 heterocycles. The molecule has 0 spiro atoms. The Balaban J connectivity index is 3.57. The third-order valence-electron chi connectivity index (χ3n) is 2.25. The lowest BCUT2D eigenvalue weighted by Crippen LogP contribution is -2.24. The summed E-state index contributed by atoms with van der Waals surface area (Å²) in [6.45, 7) is 5.09. The highest BCUT2D eigenvalue weighted by Crippen LogP contribution is 2.32. The van der Waals surface area contributed by atoms with Crippen LogP contribution in [0.4, 0.5) is 13.2 Å². The molecule has 3 nitrogen and oxygen atoms in total. The zero-order chi connectivity index (χ0) is 13.4. The second kappa shape index (κ2) is 4.09. The number of aromatic nitrogens is 1. The van der Waals surface area contributed by atoms with Gasteiger partial charge in [-0.15, -0.1) is 0 Å². The molecule has 1 rings (SSSR count). The molecule has 1 N–H and O–H groups in total. The molecule has 0 aliphatic heterocycles. The van der Waals surface area contributed by atoms with Crippen LogP contribution in [0.15, 0.2) is 10.9 Å². The summed E-state index contributed by atoms with van der Waals surface area (Å²) in [7, 11) is 1.26. The summed E-state index contributed by atoms with van der Waals surface area (Å²) in [6.07, 6.45) is -4.58. The first-order valence-corrected chi connectivity index (χ1v) is 4.96. The van der Waals surface area contributed by atoms with E-state index >= 15 is 0 Å². The van der Waals surface area contributed by atoms with Crippen molar-refractivity contribution in [2.75, 3.05) is 7.11 Å². The van der Waals surface area contributed by atoms with Crippen molar-refractivity contribution >= 4 is 0 Å². The average Bonchev–Trinajstić information content (AvgIpc) is 2.13. The van der Waals surface area contributed by atoms with Crippen molar-refractivity contribution in [1.29, 1.82) is 0 Å². The monoisotopic (exact) mass is 249 g/mol. The van der Waals surface area contributed by atoms with Gasteiger partial charge in [-0.1, -0.05) is 20.8 Å². The molecule has 0 saturated carbocycles. The molecule has 0 aromatic carbocycles. The van der Waals surface area contributed by atoms with Gasteiger partial charge in [0.05, 0.1) is 12.8 Å². The maximum absolute atomic E-state index is 12.6. The topological polar surface area (TPSA) is 42.1 Å². The largest absolute Gasteiger partial charge is 0.491 e. The number of alkyl halides is 3. The molecular formula is C11H14F3NO2. The van der Waals surface area contributed by atoms with E-state index in [4.69, 9.17) is 4.74 Å². The summed E-state index contributed by atoms with van der Waals surface area (Å²) >= 11 is 0. The molecule has 0 unspecified atom stereocenters. The van der Waals surface area contributed by atoms with Gasteiger partial charge in [0.25, 0.3) is 0 Å². The predicted octanol–water partition coefficient (Wildman–Crippen LogP) is 2.70. The minimum atomic E-state index is -4.58. The number of rotatable bonds is 1. The standard InChI is InChI=1S/C11H14F3NO2/c1-10(2,3)9-8(17-4)6(16)5-7(15-9)11(12,13)14/h5H,1-4H3,(H,15,16). The van der Waals surface area contributed by atoms with Gasteiger partial charge in [0.1, 0.15) is 5.69 Å². The highest BCUT2D eigenvalue weighted by atomic mass is 19.4. The van der Waals surface area contributed by atoms with E-state index in [0.29, 0.717) is 6.07 Å². The quantitative estimate of drug-likeness (QED) is 0.831. The zero-order valence-corrected chi connectivity index (χ0v) is 10.0. The molecule has 1 aromatic heterocycles. The van der Waals surface area contributed by atoms with E-state index in [2.05, 4.69) is 4.98 Å². The Hall–Kier alpha value is -1.46. The summed E-state index contributed by atoms with van der Waals surface area (Å²) in [5, 5.41) is 0. The van der Waals surface area contributed by atoms with E-state index in [-0.39, 0.29) is 11.4 Å². The minimum absolute atomic E-state index is 0.0782. The summed E-state index contributed by atoms with van der Waals surface area (Å²) in [5.41, 5.74) is -2.34. The smallest absolute Gasteiger partial charge is 0.431 e. The third kappa shape index (κ3) is 2.81. The number of methoxy groups -OCH3 is 1. The van der Waals surface area contributed by atoms with Gasteiger partial charge in [0.15, 0.2) is 5.75 Å². The number of nitrogens with one attached hydrogen (secondary N) is 1. The maximum atomic E-state index is 12.6. The Kier molecular flexibility index (Phi) is 3.27. The van der Waals surface area contributed by atoms with Gasteiger partial charge in [-0.2, -0.15) is 13.2 Å². The van der Waals surface area contributed by atoms with Crippen LogP contribution in [-0.4, -0.2) is 12.1 Å². The number of hydrogen-bond donors (Lipinski definition) is 1. The van der Waals surface area contributed by atoms with Gasteiger partial charge in [-0.25, -0.2) is 0 Å². The average molecular weight is 249 g/mol. The first kappa shape index (κ1) is 13.6. The highest BCUT2D eigenvalue weighted by molar-refractivity contribution is 5.34. The summed E-state index contributed by atoms with van der Waals surface area (Å²) in [5.74, 6) is -0.0782. The van der Waals surface area contributed by atoms with E-state index in [1.165, 1.54) is 7.11 Å². The second-order valence-corrected chi connectivity index (χ2v) is 4.70. The van der Waals surface area contributed by atoms with E-state index in [9.17, 15) is 18.0 Å². The number of halogens is 3. The van der Waals surface area contributed by atoms with E-state index < -0.39 is 22.7 Å². The van der Waals surface area contributed by atoms with E-state index in [1.807, 2.05) is 0 Å². The number of hydrogen-bond acceptors (Lipinski definition) is 2. The number of ether oxygens (including phenoxy) is 1. The van der Waals surface area contributed by atoms with Crippen molar-refractivity contribution in [2.24, 2.45) is 0 Å². The van der Waals surface area contributed by atoms with Crippen molar-refractivity contribution in [2.45, 2.75) is 32.4 Å². The second-order valence-electron chi connectivity index (χ2n) is 4.70.